The van der Waals surface area contributed by atoms with E-state index in [0.29, 0.717) is 6.61 Å². The molecule has 0 aromatic carbocycles. The molecular weight excluding hydrogens is 178 g/mol. The highest BCUT2D eigenvalue weighted by Gasteiger charge is 2.11. The molecule has 1 N–H and O–H groups in total. The van der Waals surface area contributed by atoms with Crippen LogP contribution in [0.25, 0.3) is 0 Å². The summed E-state index contributed by atoms with van der Waals surface area (Å²) in [6.07, 6.45) is 2.10. The average molecular weight is 199 g/mol. The first kappa shape index (κ1) is 13.2. The molecule has 82 valence electrons. The summed E-state index contributed by atoms with van der Waals surface area (Å²) in [5.74, 6) is -0.131. The van der Waals surface area contributed by atoms with Gasteiger partial charge in [0.1, 0.15) is 0 Å². The van der Waals surface area contributed by atoms with Gasteiger partial charge in [-0.15, -0.1) is 0 Å². The molecule has 0 fully saturated rings. The molecule has 0 rings (SSSR count). The maximum atomic E-state index is 10.9. The lowest BCUT2D eigenvalue weighted by atomic mass is 10.2. The molecule has 1 amide bonds. The third-order valence-corrected chi connectivity index (χ3v) is 1.66. The molecule has 0 aromatic heterocycles. The third-order valence-electron chi connectivity index (χ3n) is 1.66. The molecule has 0 aliphatic carbocycles. The Labute approximate surface area is 86.5 Å². The van der Waals surface area contributed by atoms with Gasteiger partial charge in [0.05, 0.1) is 5.60 Å². The zero-order valence-electron chi connectivity index (χ0n) is 9.59. The summed E-state index contributed by atoms with van der Waals surface area (Å²) in [6.45, 7) is 12.0. The van der Waals surface area contributed by atoms with E-state index in [1.807, 2.05) is 27.7 Å². The molecule has 0 aromatic rings. The first-order valence-corrected chi connectivity index (χ1v) is 4.92. The van der Waals surface area contributed by atoms with Crippen LogP contribution in [-0.2, 0) is 9.53 Å². The van der Waals surface area contributed by atoms with E-state index >= 15 is 0 Å². The van der Waals surface area contributed by atoms with Crippen molar-refractivity contribution in [2.45, 2.75) is 45.8 Å². The van der Waals surface area contributed by atoms with Crippen LogP contribution in [0.5, 0.6) is 0 Å². The van der Waals surface area contributed by atoms with Gasteiger partial charge in [0.2, 0.25) is 5.91 Å². The summed E-state index contributed by atoms with van der Waals surface area (Å²) < 4.78 is 5.54. The van der Waals surface area contributed by atoms with E-state index in [9.17, 15) is 4.79 Å². The standard InChI is InChI=1S/C11H21NO2/c1-6-10(13)12-9(2)7-8-14-11(3,4)5/h6,9H,1,7-8H2,2-5H3,(H,12,13)/t9-/m1/s1. The Morgan fingerprint density at radius 3 is 2.57 bits per heavy atom. The molecule has 0 unspecified atom stereocenters. The fraction of sp³-hybridized carbons (Fsp3) is 0.727. The van der Waals surface area contributed by atoms with Crippen LogP contribution >= 0.6 is 0 Å². The Morgan fingerprint density at radius 2 is 2.14 bits per heavy atom. The zero-order chi connectivity index (χ0) is 11.2. The predicted octanol–water partition coefficient (Wildman–Crippen LogP) is 1.88. The minimum absolute atomic E-state index is 0.109. The van der Waals surface area contributed by atoms with E-state index in [4.69, 9.17) is 4.74 Å². The maximum Gasteiger partial charge on any atom is 0.243 e. The van der Waals surface area contributed by atoms with Gasteiger partial charge in [-0.05, 0) is 40.2 Å². The number of carbonyl (C=O) groups is 1. The molecule has 0 bridgehead atoms. The number of nitrogens with one attached hydrogen (secondary N) is 1. The van der Waals surface area contributed by atoms with Crippen molar-refractivity contribution in [2.75, 3.05) is 6.61 Å². The SMILES string of the molecule is C=CC(=O)N[C@H](C)CCOC(C)(C)C. The predicted molar refractivity (Wildman–Crippen MR) is 58.1 cm³/mol. The van der Waals surface area contributed by atoms with Crippen LogP contribution in [0.4, 0.5) is 0 Å². The Kier molecular flexibility index (Phi) is 5.46. The summed E-state index contributed by atoms with van der Waals surface area (Å²) in [4.78, 5) is 10.9. The highest BCUT2D eigenvalue weighted by atomic mass is 16.5. The number of hydrogen-bond donors (Lipinski definition) is 1. The van der Waals surface area contributed by atoms with Crippen molar-refractivity contribution < 1.29 is 9.53 Å². The minimum atomic E-state index is -0.131. The molecular formula is C11H21NO2. The molecule has 3 heteroatoms. The lowest BCUT2D eigenvalue weighted by molar-refractivity contribution is -0.117. The van der Waals surface area contributed by atoms with Crippen molar-refractivity contribution in [3.05, 3.63) is 12.7 Å². The fourth-order valence-electron chi connectivity index (χ4n) is 0.916. The van der Waals surface area contributed by atoms with E-state index < -0.39 is 0 Å². The van der Waals surface area contributed by atoms with E-state index in [0.717, 1.165) is 6.42 Å². The van der Waals surface area contributed by atoms with Crippen LogP contribution in [0, 0.1) is 0 Å². The molecule has 0 heterocycles. The van der Waals surface area contributed by atoms with E-state index in [2.05, 4.69) is 11.9 Å². The van der Waals surface area contributed by atoms with Gasteiger partial charge in [0.15, 0.2) is 0 Å². The molecule has 1 atom stereocenters. The van der Waals surface area contributed by atoms with E-state index in [1.54, 1.807) is 0 Å². The first-order valence-electron chi connectivity index (χ1n) is 4.92. The quantitative estimate of drug-likeness (QED) is 0.687. The second-order valence-electron chi connectivity index (χ2n) is 4.36. The normalized spacial score (nSPS) is 13.4. The van der Waals surface area contributed by atoms with Crippen molar-refractivity contribution in [1.29, 1.82) is 0 Å². The summed E-state index contributed by atoms with van der Waals surface area (Å²) >= 11 is 0. The highest BCUT2D eigenvalue weighted by Crippen LogP contribution is 2.07. The number of ether oxygens (including phenoxy) is 1. The largest absolute Gasteiger partial charge is 0.376 e. The molecule has 3 nitrogen and oxygen atoms in total. The Hall–Kier alpha value is -0.830. The van der Waals surface area contributed by atoms with Gasteiger partial charge in [0.25, 0.3) is 0 Å². The van der Waals surface area contributed by atoms with Gasteiger partial charge < -0.3 is 10.1 Å². The molecule has 0 aliphatic heterocycles. The average Bonchev–Trinajstić information content (AvgIpc) is 2.01. The van der Waals surface area contributed by atoms with Gasteiger partial charge in [-0.25, -0.2) is 0 Å². The summed E-state index contributed by atoms with van der Waals surface area (Å²) in [5, 5.41) is 2.78. The van der Waals surface area contributed by atoms with Crippen molar-refractivity contribution in [3.63, 3.8) is 0 Å². The van der Waals surface area contributed by atoms with E-state index in [-0.39, 0.29) is 17.6 Å². The second kappa shape index (κ2) is 5.81. The number of amides is 1. The smallest absolute Gasteiger partial charge is 0.243 e. The van der Waals surface area contributed by atoms with Crippen LogP contribution in [0.3, 0.4) is 0 Å². The highest BCUT2D eigenvalue weighted by molar-refractivity contribution is 5.87. The second-order valence-corrected chi connectivity index (χ2v) is 4.36. The summed E-state index contributed by atoms with van der Waals surface area (Å²) in [6, 6.07) is 0.128. The number of carbonyl (C=O) groups excluding carboxylic acids is 1. The topological polar surface area (TPSA) is 38.3 Å². The van der Waals surface area contributed by atoms with Crippen LogP contribution in [0.2, 0.25) is 0 Å². The molecule has 0 radical (unpaired) electrons. The first-order chi connectivity index (χ1) is 6.35. The molecule has 0 spiro atoms. The zero-order valence-corrected chi connectivity index (χ0v) is 9.59. The van der Waals surface area contributed by atoms with Crippen LogP contribution in [-0.4, -0.2) is 24.2 Å². The summed E-state index contributed by atoms with van der Waals surface area (Å²) in [5.41, 5.74) is -0.109. The van der Waals surface area contributed by atoms with Gasteiger partial charge in [-0.2, -0.15) is 0 Å². The Morgan fingerprint density at radius 1 is 1.57 bits per heavy atom. The number of rotatable bonds is 5. The van der Waals surface area contributed by atoms with Crippen molar-refractivity contribution in [2.24, 2.45) is 0 Å². The summed E-state index contributed by atoms with van der Waals surface area (Å²) in [7, 11) is 0. The van der Waals surface area contributed by atoms with Crippen molar-refractivity contribution >= 4 is 5.91 Å². The monoisotopic (exact) mass is 199 g/mol. The van der Waals surface area contributed by atoms with Crippen molar-refractivity contribution in [1.82, 2.24) is 5.32 Å². The number of hydrogen-bond acceptors (Lipinski definition) is 2. The Bertz CT molecular complexity index is 194. The fourth-order valence-corrected chi connectivity index (χ4v) is 0.916. The van der Waals surface area contributed by atoms with Crippen LogP contribution in [0.1, 0.15) is 34.1 Å². The van der Waals surface area contributed by atoms with Gasteiger partial charge in [-0.1, -0.05) is 6.58 Å². The van der Waals surface area contributed by atoms with Crippen LogP contribution in [0.15, 0.2) is 12.7 Å². The van der Waals surface area contributed by atoms with Crippen LogP contribution < -0.4 is 5.32 Å². The van der Waals surface area contributed by atoms with Gasteiger partial charge in [-0.3, -0.25) is 4.79 Å². The van der Waals surface area contributed by atoms with Gasteiger partial charge in [0, 0.05) is 12.6 Å². The molecule has 14 heavy (non-hydrogen) atoms. The molecule has 0 saturated heterocycles. The minimum Gasteiger partial charge on any atom is -0.376 e. The maximum absolute atomic E-state index is 10.9. The molecule has 0 aliphatic rings. The van der Waals surface area contributed by atoms with E-state index in [1.165, 1.54) is 6.08 Å². The Balaban J connectivity index is 3.59. The lowest BCUT2D eigenvalue weighted by Gasteiger charge is -2.21. The lowest BCUT2D eigenvalue weighted by Crippen LogP contribution is -2.33. The van der Waals surface area contributed by atoms with Gasteiger partial charge >= 0.3 is 0 Å². The van der Waals surface area contributed by atoms with Crippen molar-refractivity contribution in [3.8, 4) is 0 Å². The third kappa shape index (κ3) is 7.80. The molecule has 0 saturated carbocycles.